The smallest absolute Gasteiger partial charge is 0.339 e. The third-order valence-electron chi connectivity index (χ3n) is 3.11. The summed E-state index contributed by atoms with van der Waals surface area (Å²) in [5.41, 5.74) is -0.621. The van der Waals surface area contributed by atoms with Gasteiger partial charge in [0.25, 0.3) is 5.56 Å². The third kappa shape index (κ3) is 2.42. The number of aromatic nitrogens is 2. The van der Waals surface area contributed by atoms with E-state index in [0.29, 0.717) is 16.7 Å². The fraction of sp³-hybridized carbons (Fsp3) is 0.357. The second-order valence-corrected chi connectivity index (χ2v) is 4.84. The molecule has 0 saturated carbocycles. The Bertz CT molecular complexity index is 719. The van der Waals surface area contributed by atoms with Crippen LogP contribution in [0.15, 0.2) is 29.1 Å². The van der Waals surface area contributed by atoms with Gasteiger partial charge in [0.1, 0.15) is 5.69 Å². The summed E-state index contributed by atoms with van der Waals surface area (Å²) in [6.45, 7) is 2.72. The lowest BCUT2D eigenvalue weighted by molar-refractivity contribution is -0.161. The number of esters is 1. The number of hydrogen-bond donors (Lipinski definition) is 1. The predicted molar refractivity (Wildman–Crippen MR) is 73.4 cm³/mol. The third-order valence-corrected chi connectivity index (χ3v) is 3.11. The summed E-state index contributed by atoms with van der Waals surface area (Å²) in [6.07, 6.45) is 0. The molecule has 0 aliphatic carbocycles. The highest BCUT2D eigenvalue weighted by Gasteiger charge is 2.33. The van der Waals surface area contributed by atoms with E-state index < -0.39 is 11.6 Å². The molecule has 0 aliphatic rings. The summed E-state index contributed by atoms with van der Waals surface area (Å²) in [5.74, 6) is -0.789. The van der Waals surface area contributed by atoms with Crippen LogP contribution in [-0.2, 0) is 16.1 Å². The molecule has 1 N–H and O–H groups in total. The molecular formula is C14H16N2O4. The van der Waals surface area contributed by atoms with Crippen LogP contribution in [0.5, 0.6) is 0 Å². The molecule has 0 bridgehead atoms. The van der Waals surface area contributed by atoms with Crippen LogP contribution in [0.2, 0.25) is 0 Å². The Hall–Kier alpha value is -2.21. The van der Waals surface area contributed by atoms with E-state index in [1.165, 1.54) is 18.6 Å². The van der Waals surface area contributed by atoms with E-state index in [1.54, 1.807) is 25.1 Å². The first-order chi connectivity index (χ1) is 9.36. The van der Waals surface area contributed by atoms with Gasteiger partial charge < -0.3 is 14.4 Å². The largest absolute Gasteiger partial charge is 0.467 e. The van der Waals surface area contributed by atoms with Gasteiger partial charge in [0, 0.05) is 0 Å². The molecule has 1 aromatic carbocycles. The average Bonchev–Trinajstić information content (AvgIpc) is 2.42. The fourth-order valence-corrected chi connectivity index (χ4v) is 2.07. The zero-order chi connectivity index (χ0) is 14.9. The van der Waals surface area contributed by atoms with Crippen molar-refractivity contribution in [1.29, 1.82) is 0 Å². The number of benzene rings is 1. The van der Waals surface area contributed by atoms with E-state index in [0.717, 1.165) is 0 Å². The van der Waals surface area contributed by atoms with Crippen molar-refractivity contribution in [3.63, 3.8) is 0 Å². The van der Waals surface area contributed by atoms with Crippen LogP contribution in [0.1, 0.15) is 12.6 Å². The molecule has 2 aromatic rings. The van der Waals surface area contributed by atoms with E-state index in [9.17, 15) is 14.7 Å². The molecule has 0 aliphatic heterocycles. The zero-order valence-electron chi connectivity index (χ0n) is 11.6. The molecule has 0 radical (unpaired) electrons. The Morgan fingerprint density at radius 2 is 2.10 bits per heavy atom. The summed E-state index contributed by atoms with van der Waals surface area (Å²) >= 11 is 0. The molecule has 6 heteroatoms. The minimum Gasteiger partial charge on any atom is -0.467 e. The monoisotopic (exact) mass is 276 g/mol. The Kier molecular flexibility index (Phi) is 3.59. The van der Waals surface area contributed by atoms with Crippen molar-refractivity contribution < 1.29 is 14.6 Å². The van der Waals surface area contributed by atoms with E-state index in [2.05, 4.69) is 9.72 Å². The maximum Gasteiger partial charge on any atom is 0.339 e. The number of methoxy groups -OCH3 is 1. The molecule has 1 unspecified atom stereocenters. The SMILES string of the molecule is COC(=O)C(C)(O)Cn1c(=O)c(C)nc2ccccc21. The van der Waals surface area contributed by atoms with Gasteiger partial charge >= 0.3 is 5.97 Å². The molecule has 20 heavy (non-hydrogen) atoms. The van der Waals surface area contributed by atoms with Crippen molar-refractivity contribution >= 4 is 17.0 Å². The van der Waals surface area contributed by atoms with Gasteiger partial charge in [0.05, 0.1) is 24.7 Å². The highest BCUT2D eigenvalue weighted by atomic mass is 16.5. The van der Waals surface area contributed by atoms with Gasteiger partial charge in [0.15, 0.2) is 5.60 Å². The van der Waals surface area contributed by atoms with Crippen molar-refractivity contribution in [1.82, 2.24) is 9.55 Å². The molecule has 106 valence electrons. The number of nitrogens with zero attached hydrogens (tertiary/aromatic N) is 2. The molecule has 0 spiro atoms. The van der Waals surface area contributed by atoms with E-state index in [4.69, 9.17) is 0 Å². The van der Waals surface area contributed by atoms with Gasteiger partial charge in [-0.15, -0.1) is 0 Å². The van der Waals surface area contributed by atoms with Gasteiger partial charge in [0.2, 0.25) is 0 Å². The molecule has 0 fully saturated rings. The van der Waals surface area contributed by atoms with Crippen LogP contribution < -0.4 is 5.56 Å². The Labute approximate surface area is 115 Å². The lowest BCUT2D eigenvalue weighted by Gasteiger charge is -2.22. The fourth-order valence-electron chi connectivity index (χ4n) is 2.07. The Balaban J connectivity index is 2.62. The van der Waals surface area contributed by atoms with Gasteiger partial charge in [-0.25, -0.2) is 9.78 Å². The minimum absolute atomic E-state index is 0.192. The second-order valence-electron chi connectivity index (χ2n) is 4.84. The lowest BCUT2D eigenvalue weighted by atomic mass is 10.1. The van der Waals surface area contributed by atoms with E-state index in [-0.39, 0.29) is 12.1 Å². The zero-order valence-corrected chi connectivity index (χ0v) is 11.6. The van der Waals surface area contributed by atoms with E-state index in [1.807, 2.05) is 6.07 Å². The number of ether oxygens (including phenoxy) is 1. The van der Waals surface area contributed by atoms with Crippen molar-refractivity contribution in [3.05, 3.63) is 40.3 Å². The topological polar surface area (TPSA) is 81.4 Å². The number of para-hydroxylation sites is 2. The number of aliphatic hydroxyl groups is 1. The molecule has 6 nitrogen and oxygen atoms in total. The van der Waals surface area contributed by atoms with Crippen LogP contribution in [-0.4, -0.2) is 33.3 Å². The van der Waals surface area contributed by atoms with Crippen LogP contribution in [0.4, 0.5) is 0 Å². The standard InChI is InChI=1S/C14H16N2O4/c1-9-12(17)16(8-14(2,19)13(18)20-3)11-7-5-4-6-10(11)15-9/h4-7,19H,8H2,1-3H3. The first-order valence-corrected chi connectivity index (χ1v) is 6.14. The highest BCUT2D eigenvalue weighted by Crippen LogP contribution is 2.14. The van der Waals surface area contributed by atoms with Crippen molar-refractivity contribution in [3.8, 4) is 0 Å². The number of rotatable bonds is 3. The van der Waals surface area contributed by atoms with E-state index >= 15 is 0 Å². The molecule has 1 atom stereocenters. The average molecular weight is 276 g/mol. The van der Waals surface area contributed by atoms with Crippen LogP contribution in [0.3, 0.4) is 0 Å². The number of carbonyl (C=O) groups is 1. The normalized spacial score (nSPS) is 14.0. The maximum absolute atomic E-state index is 12.2. The summed E-state index contributed by atoms with van der Waals surface area (Å²) < 4.78 is 5.89. The second kappa shape index (κ2) is 5.05. The molecular weight excluding hydrogens is 260 g/mol. The van der Waals surface area contributed by atoms with Crippen LogP contribution in [0.25, 0.3) is 11.0 Å². The first-order valence-electron chi connectivity index (χ1n) is 6.14. The van der Waals surface area contributed by atoms with Gasteiger partial charge in [-0.2, -0.15) is 0 Å². The highest BCUT2D eigenvalue weighted by molar-refractivity contribution is 5.79. The number of hydrogen-bond acceptors (Lipinski definition) is 5. The summed E-state index contributed by atoms with van der Waals surface area (Å²) in [6, 6.07) is 7.06. The van der Waals surface area contributed by atoms with Gasteiger partial charge in [-0.3, -0.25) is 4.79 Å². The number of aryl methyl sites for hydroxylation is 1. The first kappa shape index (κ1) is 14.2. The minimum atomic E-state index is -1.78. The predicted octanol–water partition coefficient (Wildman–Crippen LogP) is 0.629. The summed E-state index contributed by atoms with van der Waals surface area (Å²) in [5, 5.41) is 10.2. The molecule has 1 aromatic heterocycles. The summed E-state index contributed by atoms with van der Waals surface area (Å²) in [7, 11) is 1.19. The molecule has 2 rings (SSSR count). The van der Waals surface area contributed by atoms with Crippen molar-refractivity contribution in [2.24, 2.45) is 0 Å². The van der Waals surface area contributed by atoms with Crippen LogP contribution in [0, 0.1) is 6.92 Å². The number of fused-ring (bicyclic) bond motifs is 1. The number of carbonyl (C=O) groups excluding carboxylic acids is 1. The molecule has 1 heterocycles. The lowest BCUT2D eigenvalue weighted by Crippen LogP contribution is -2.43. The van der Waals surface area contributed by atoms with Gasteiger partial charge in [-0.05, 0) is 26.0 Å². The van der Waals surface area contributed by atoms with Crippen molar-refractivity contribution in [2.45, 2.75) is 26.0 Å². The maximum atomic E-state index is 12.2. The Morgan fingerprint density at radius 3 is 2.75 bits per heavy atom. The van der Waals surface area contributed by atoms with Crippen LogP contribution >= 0.6 is 0 Å². The molecule has 0 saturated heterocycles. The van der Waals surface area contributed by atoms with Crippen molar-refractivity contribution in [2.75, 3.05) is 7.11 Å². The molecule has 0 amide bonds. The van der Waals surface area contributed by atoms with Gasteiger partial charge in [-0.1, -0.05) is 12.1 Å². The summed E-state index contributed by atoms with van der Waals surface area (Å²) in [4.78, 5) is 28.0. The quantitative estimate of drug-likeness (QED) is 0.831. The Morgan fingerprint density at radius 1 is 1.45 bits per heavy atom.